The molecule has 0 saturated heterocycles. The van der Waals surface area contributed by atoms with E-state index in [1.807, 2.05) is 21.1 Å². The smallest absolute Gasteiger partial charge is 0.362 e. The van der Waals surface area contributed by atoms with E-state index >= 15 is 0 Å². The Morgan fingerprint density at radius 2 is 0.803 bits per heavy atom. The zero-order valence-corrected chi connectivity index (χ0v) is 42.9. The molecular weight excluding hydrogens is 823 g/mol. The first-order chi connectivity index (χ1) is 32.1. The van der Waals surface area contributed by atoms with Crippen molar-refractivity contribution in [2.45, 2.75) is 212 Å². The van der Waals surface area contributed by atoms with Crippen LogP contribution in [0.5, 0.6) is 0 Å². The number of esters is 2. The number of nitrogens with zero attached hydrogens (tertiary/aromatic N) is 1. The molecule has 0 fully saturated rings. The number of hydrogen-bond acceptors (Lipinski definition) is 6. The molecule has 0 spiro atoms. The van der Waals surface area contributed by atoms with Gasteiger partial charge in [0.15, 0.2) is 12.1 Å². The minimum absolute atomic E-state index is 0.0500. The van der Waals surface area contributed by atoms with Crippen molar-refractivity contribution in [2.75, 3.05) is 41.0 Å². The van der Waals surface area contributed by atoms with Crippen molar-refractivity contribution >= 4 is 17.9 Å². The summed E-state index contributed by atoms with van der Waals surface area (Å²) in [7, 11) is 5.52. The third-order valence-electron chi connectivity index (χ3n) is 11.2. The summed E-state index contributed by atoms with van der Waals surface area (Å²) in [6.07, 6.45) is 64.5. The molecule has 0 heterocycles. The molecule has 0 aliphatic heterocycles. The molecule has 0 aromatic rings. The summed E-state index contributed by atoms with van der Waals surface area (Å²) >= 11 is 0. The zero-order valence-electron chi connectivity index (χ0n) is 42.9. The van der Waals surface area contributed by atoms with E-state index in [4.69, 9.17) is 14.2 Å². The van der Waals surface area contributed by atoms with Gasteiger partial charge in [-0.25, -0.2) is 4.79 Å². The standard InChI is InChI=1S/C58H97NO7/c1-6-8-10-12-14-16-18-20-22-24-26-27-28-29-31-32-34-36-38-40-42-44-46-48-56(60)65-53-54(52-64-51-50-55(58(62)63)59(3,4)5)66-57(61)49-47-45-43-41-39-37-35-33-30-25-23-21-19-17-15-13-11-9-7-2/h8-11,14-17,20-23,26-27,29,31,54-55H,6-7,12-13,18-19,24-25,28,30,32-53H2,1-5H3/p+1/b10-8+,11-9+,16-14+,17-15+,22-20+,23-21+,27-26+,31-29+. The first-order valence-electron chi connectivity index (χ1n) is 26.3. The van der Waals surface area contributed by atoms with Crippen LogP contribution in [0, 0.1) is 0 Å². The summed E-state index contributed by atoms with van der Waals surface area (Å²) < 4.78 is 17.4. The average Bonchev–Trinajstić information content (AvgIpc) is 3.28. The van der Waals surface area contributed by atoms with Crippen molar-refractivity contribution in [3.05, 3.63) is 97.2 Å². The Bertz CT molecular complexity index is 1400. The zero-order chi connectivity index (χ0) is 48.4. The van der Waals surface area contributed by atoms with Gasteiger partial charge >= 0.3 is 17.9 Å². The maximum absolute atomic E-state index is 12.8. The number of carboxylic acid groups (broad SMARTS) is 1. The normalized spacial score (nSPS) is 13.7. The van der Waals surface area contributed by atoms with E-state index in [1.54, 1.807) is 0 Å². The Morgan fingerprint density at radius 3 is 1.18 bits per heavy atom. The monoisotopic (exact) mass is 921 g/mol. The topological polar surface area (TPSA) is 99.1 Å². The molecule has 0 aliphatic rings. The van der Waals surface area contributed by atoms with Crippen molar-refractivity contribution in [2.24, 2.45) is 0 Å². The highest BCUT2D eigenvalue weighted by Crippen LogP contribution is 2.15. The molecule has 376 valence electrons. The second kappa shape index (κ2) is 47.7. The van der Waals surface area contributed by atoms with Crippen LogP contribution in [0.1, 0.15) is 200 Å². The van der Waals surface area contributed by atoms with Gasteiger partial charge in [0.25, 0.3) is 0 Å². The molecule has 0 aliphatic carbocycles. The number of allylic oxidation sites excluding steroid dienone is 16. The number of likely N-dealkylation sites (N-methyl/N-ethyl adjacent to an activating group) is 1. The molecule has 0 amide bonds. The van der Waals surface area contributed by atoms with E-state index in [-0.39, 0.29) is 36.2 Å². The fourth-order valence-corrected chi connectivity index (χ4v) is 7.25. The summed E-state index contributed by atoms with van der Waals surface area (Å²) in [5, 5.41) is 9.66. The molecule has 66 heavy (non-hydrogen) atoms. The molecule has 0 aromatic heterocycles. The maximum Gasteiger partial charge on any atom is 0.362 e. The predicted octanol–water partition coefficient (Wildman–Crippen LogP) is 15.4. The van der Waals surface area contributed by atoms with E-state index in [9.17, 15) is 19.5 Å². The van der Waals surface area contributed by atoms with E-state index in [1.165, 1.54) is 64.2 Å². The lowest BCUT2D eigenvalue weighted by molar-refractivity contribution is -0.887. The Kier molecular flexibility index (Phi) is 45.0. The van der Waals surface area contributed by atoms with Crippen molar-refractivity contribution in [3.8, 4) is 0 Å². The first kappa shape index (κ1) is 62.2. The van der Waals surface area contributed by atoms with Gasteiger partial charge in [0.05, 0.1) is 34.4 Å². The largest absolute Gasteiger partial charge is 0.477 e. The van der Waals surface area contributed by atoms with Gasteiger partial charge in [-0.2, -0.15) is 0 Å². The number of hydrogen-bond donors (Lipinski definition) is 1. The summed E-state index contributed by atoms with van der Waals surface area (Å²) in [6, 6.07) is -0.623. The van der Waals surface area contributed by atoms with Crippen LogP contribution in [0.15, 0.2) is 97.2 Å². The molecule has 8 heteroatoms. The fraction of sp³-hybridized carbons (Fsp3) is 0.672. The van der Waals surface area contributed by atoms with Gasteiger partial charge in [-0.15, -0.1) is 0 Å². The third kappa shape index (κ3) is 45.4. The van der Waals surface area contributed by atoms with Crippen LogP contribution in [0.3, 0.4) is 0 Å². The van der Waals surface area contributed by atoms with Crippen LogP contribution in [0.2, 0.25) is 0 Å². The Balaban J connectivity index is 4.27. The lowest BCUT2D eigenvalue weighted by atomic mass is 10.1. The number of carbonyl (C=O) groups excluding carboxylic acids is 2. The van der Waals surface area contributed by atoms with Crippen LogP contribution in [0.25, 0.3) is 0 Å². The van der Waals surface area contributed by atoms with Gasteiger partial charge in [0.1, 0.15) is 6.61 Å². The number of ether oxygens (including phenoxy) is 3. The van der Waals surface area contributed by atoms with Crippen LogP contribution in [-0.4, -0.2) is 80.6 Å². The molecule has 0 rings (SSSR count). The Morgan fingerprint density at radius 1 is 0.455 bits per heavy atom. The van der Waals surface area contributed by atoms with Crippen LogP contribution in [-0.2, 0) is 28.6 Å². The van der Waals surface area contributed by atoms with E-state index in [0.29, 0.717) is 19.3 Å². The van der Waals surface area contributed by atoms with E-state index in [0.717, 1.165) is 103 Å². The molecule has 1 N–H and O–H groups in total. The summed E-state index contributed by atoms with van der Waals surface area (Å²) in [6.45, 7) is 4.50. The number of aliphatic carboxylic acids is 1. The summed E-state index contributed by atoms with van der Waals surface area (Å²) in [5.41, 5.74) is 0. The highest BCUT2D eigenvalue weighted by molar-refractivity contribution is 5.72. The van der Waals surface area contributed by atoms with Gasteiger partial charge < -0.3 is 23.8 Å². The molecule has 2 atom stereocenters. The van der Waals surface area contributed by atoms with Crippen LogP contribution >= 0.6 is 0 Å². The average molecular weight is 921 g/mol. The number of carboxylic acids is 1. The molecule has 0 aromatic carbocycles. The molecule has 0 radical (unpaired) electrons. The summed E-state index contributed by atoms with van der Waals surface area (Å²) in [5.74, 6) is -1.49. The van der Waals surface area contributed by atoms with Gasteiger partial charge in [-0.1, -0.05) is 188 Å². The van der Waals surface area contributed by atoms with Crippen molar-refractivity contribution in [1.29, 1.82) is 0 Å². The van der Waals surface area contributed by atoms with Crippen LogP contribution < -0.4 is 0 Å². The predicted molar refractivity (Wildman–Crippen MR) is 279 cm³/mol. The Hall–Kier alpha value is -3.75. The second-order valence-electron chi connectivity index (χ2n) is 18.4. The van der Waals surface area contributed by atoms with Crippen LogP contribution in [0.4, 0.5) is 0 Å². The van der Waals surface area contributed by atoms with Gasteiger partial charge in [-0.3, -0.25) is 9.59 Å². The molecule has 0 bridgehead atoms. The fourth-order valence-electron chi connectivity index (χ4n) is 7.25. The Labute approximate surface area is 405 Å². The SMILES string of the molecule is CC/C=C/C/C=C/C/C=C/C/C=C/C/C=C/CCCCCCCCCC(=O)OCC(COCCC(C(=O)O)[N+](C)(C)C)OC(=O)CCCCCCCCCCC/C=C/C/C=C/C/C=C/CC. The quantitative estimate of drug-likeness (QED) is 0.0281. The van der Waals surface area contributed by atoms with Crippen molar-refractivity contribution in [3.63, 3.8) is 0 Å². The van der Waals surface area contributed by atoms with E-state index < -0.39 is 18.1 Å². The molecule has 0 saturated carbocycles. The molecule has 8 nitrogen and oxygen atoms in total. The third-order valence-corrected chi connectivity index (χ3v) is 11.2. The lowest BCUT2D eigenvalue weighted by Gasteiger charge is -2.31. The van der Waals surface area contributed by atoms with Gasteiger partial charge in [0.2, 0.25) is 0 Å². The number of carbonyl (C=O) groups is 3. The van der Waals surface area contributed by atoms with Gasteiger partial charge in [0, 0.05) is 19.3 Å². The number of rotatable bonds is 46. The number of quaternary nitrogens is 1. The maximum atomic E-state index is 12.8. The molecule has 2 unspecified atom stereocenters. The minimum Gasteiger partial charge on any atom is -0.477 e. The number of unbranched alkanes of at least 4 members (excludes halogenated alkanes) is 16. The second-order valence-corrected chi connectivity index (χ2v) is 18.4. The molecular formula is C58H98NO7+. The van der Waals surface area contributed by atoms with Crippen molar-refractivity contribution in [1.82, 2.24) is 0 Å². The highest BCUT2D eigenvalue weighted by atomic mass is 16.6. The lowest BCUT2D eigenvalue weighted by Crippen LogP contribution is -2.50. The first-order valence-corrected chi connectivity index (χ1v) is 26.3. The minimum atomic E-state index is -0.880. The van der Waals surface area contributed by atoms with E-state index in [2.05, 4.69) is 111 Å². The highest BCUT2D eigenvalue weighted by Gasteiger charge is 2.31. The van der Waals surface area contributed by atoms with Gasteiger partial charge in [-0.05, 0) is 89.9 Å². The van der Waals surface area contributed by atoms with Crippen molar-refractivity contribution < 1.29 is 38.2 Å². The summed E-state index contributed by atoms with van der Waals surface area (Å²) in [4.78, 5) is 37.2.